The molecule has 0 saturated carbocycles. The van der Waals surface area contributed by atoms with Crippen molar-refractivity contribution in [3.05, 3.63) is 48.0 Å². The van der Waals surface area contributed by atoms with Crippen molar-refractivity contribution in [3.63, 3.8) is 0 Å². The molecule has 0 bridgehead atoms. The van der Waals surface area contributed by atoms with E-state index in [1.165, 1.54) is 30.3 Å². The van der Waals surface area contributed by atoms with Gasteiger partial charge in [-0.1, -0.05) is 0 Å². The first-order chi connectivity index (χ1) is 11.8. The van der Waals surface area contributed by atoms with Gasteiger partial charge in [0.2, 0.25) is 0 Å². The third kappa shape index (κ3) is 3.59. The van der Waals surface area contributed by atoms with Crippen molar-refractivity contribution in [2.75, 3.05) is 29.5 Å². The van der Waals surface area contributed by atoms with Crippen LogP contribution in [0.1, 0.15) is 12.6 Å². The van der Waals surface area contributed by atoms with Crippen LogP contribution in [-0.4, -0.2) is 41.3 Å². The second kappa shape index (κ2) is 6.38. The summed E-state index contributed by atoms with van der Waals surface area (Å²) in [6.07, 6.45) is -3.33. The maximum absolute atomic E-state index is 13.1. The zero-order valence-electron chi connectivity index (χ0n) is 13.4. The molecular formula is C16H16F4N4O. The van der Waals surface area contributed by atoms with E-state index in [4.69, 9.17) is 0 Å². The molecule has 1 saturated heterocycles. The molecule has 1 unspecified atom stereocenters. The van der Waals surface area contributed by atoms with Crippen LogP contribution >= 0.6 is 0 Å². The highest BCUT2D eigenvalue weighted by Crippen LogP contribution is 2.27. The first-order valence-electron chi connectivity index (χ1n) is 7.66. The van der Waals surface area contributed by atoms with Gasteiger partial charge in [-0.25, -0.2) is 4.39 Å². The largest absolute Gasteiger partial charge is 0.435 e. The Morgan fingerprint density at radius 2 is 1.84 bits per heavy atom. The van der Waals surface area contributed by atoms with Gasteiger partial charge in [0.1, 0.15) is 11.9 Å². The van der Waals surface area contributed by atoms with Crippen molar-refractivity contribution >= 4 is 11.5 Å². The van der Waals surface area contributed by atoms with Crippen molar-refractivity contribution in [1.29, 1.82) is 0 Å². The third-order valence-corrected chi connectivity index (χ3v) is 4.14. The molecule has 25 heavy (non-hydrogen) atoms. The first-order valence-corrected chi connectivity index (χ1v) is 7.66. The van der Waals surface area contributed by atoms with Gasteiger partial charge in [-0.2, -0.15) is 18.0 Å². The normalized spacial score (nSPS) is 18.5. The Balaban J connectivity index is 1.82. The summed E-state index contributed by atoms with van der Waals surface area (Å²) in [5, 5.41) is 5.06. The highest BCUT2D eigenvalue weighted by molar-refractivity contribution is 5.84. The zero-order chi connectivity index (χ0) is 18.2. The monoisotopic (exact) mass is 356 g/mol. The number of hydrogen-bond acceptors (Lipinski definition) is 4. The molecule has 5 nitrogen and oxygen atoms in total. The minimum absolute atomic E-state index is 0.184. The number of halogens is 4. The van der Waals surface area contributed by atoms with E-state index >= 15 is 0 Å². The molecule has 0 N–H and O–H groups in total. The summed E-state index contributed by atoms with van der Waals surface area (Å²) in [4.78, 5) is 15.0. The summed E-state index contributed by atoms with van der Waals surface area (Å²) in [6.45, 7) is 2.44. The number of Topliss-reactive ketones (excluding diaryl/α,β-unsaturated/α-hetero) is 1. The molecular weight excluding hydrogens is 340 g/mol. The number of rotatable bonds is 3. The van der Waals surface area contributed by atoms with Crippen LogP contribution in [0.4, 0.5) is 23.2 Å². The predicted octanol–water partition coefficient (Wildman–Crippen LogP) is 2.46. The number of hydrogen-bond donors (Lipinski definition) is 0. The summed E-state index contributed by atoms with van der Waals surface area (Å²) in [5.41, 5.74) is -0.250. The van der Waals surface area contributed by atoms with Crippen LogP contribution in [0.25, 0.3) is 0 Å². The van der Waals surface area contributed by atoms with E-state index in [1.807, 2.05) is 4.90 Å². The van der Waals surface area contributed by atoms with Crippen LogP contribution in [0, 0.1) is 5.82 Å². The van der Waals surface area contributed by atoms with E-state index in [1.54, 1.807) is 12.1 Å². The van der Waals surface area contributed by atoms with E-state index in [0.717, 1.165) is 16.5 Å². The number of piperazine rings is 1. The van der Waals surface area contributed by atoms with Gasteiger partial charge < -0.3 is 4.90 Å². The topological polar surface area (TPSA) is 41.4 Å². The molecule has 2 heterocycles. The van der Waals surface area contributed by atoms with Gasteiger partial charge in [-0.05, 0) is 37.3 Å². The van der Waals surface area contributed by atoms with Crippen LogP contribution in [-0.2, 0) is 11.0 Å². The van der Waals surface area contributed by atoms with Crippen molar-refractivity contribution in [2.24, 2.45) is 0 Å². The highest BCUT2D eigenvalue weighted by Gasteiger charge is 2.36. The Bertz CT molecular complexity index is 756. The Kier molecular flexibility index (Phi) is 4.40. The molecule has 1 aliphatic rings. The molecule has 1 aromatic heterocycles. The smallest absolute Gasteiger partial charge is 0.367 e. The lowest BCUT2D eigenvalue weighted by Gasteiger charge is -2.42. The summed E-state index contributed by atoms with van der Waals surface area (Å²) >= 11 is 0. The predicted molar refractivity (Wildman–Crippen MR) is 83.4 cm³/mol. The van der Waals surface area contributed by atoms with Crippen molar-refractivity contribution in [1.82, 2.24) is 9.89 Å². The summed E-state index contributed by atoms with van der Waals surface area (Å²) in [6, 6.07) is 6.10. The number of carbonyl (C=O) groups is 1. The van der Waals surface area contributed by atoms with E-state index in [2.05, 4.69) is 5.10 Å². The molecule has 1 aliphatic heterocycles. The fraction of sp³-hybridized carbons (Fsp3) is 0.375. The summed E-state index contributed by atoms with van der Waals surface area (Å²) in [5.74, 6) is -0.544. The number of ketones is 1. The number of carbonyl (C=O) groups excluding carboxylic acids is 1. The van der Waals surface area contributed by atoms with E-state index < -0.39 is 17.9 Å². The van der Waals surface area contributed by atoms with Gasteiger partial charge in [0, 0.05) is 25.0 Å². The van der Waals surface area contributed by atoms with E-state index in [-0.39, 0.29) is 18.1 Å². The average Bonchev–Trinajstić information content (AvgIpc) is 3.05. The Morgan fingerprint density at radius 3 is 2.40 bits per heavy atom. The van der Waals surface area contributed by atoms with Crippen LogP contribution in [0.2, 0.25) is 0 Å². The molecule has 134 valence electrons. The van der Waals surface area contributed by atoms with Crippen LogP contribution in [0.5, 0.6) is 0 Å². The van der Waals surface area contributed by atoms with Gasteiger partial charge in [0.05, 0.1) is 6.54 Å². The van der Waals surface area contributed by atoms with Crippen molar-refractivity contribution < 1.29 is 22.4 Å². The second-order valence-corrected chi connectivity index (χ2v) is 5.83. The molecule has 9 heteroatoms. The van der Waals surface area contributed by atoms with E-state index in [0.29, 0.717) is 13.1 Å². The highest BCUT2D eigenvalue weighted by atomic mass is 19.4. The molecule has 1 atom stereocenters. The number of nitrogens with zero attached hydrogens (tertiary/aromatic N) is 4. The number of alkyl halides is 3. The van der Waals surface area contributed by atoms with Gasteiger partial charge in [0.25, 0.3) is 0 Å². The fourth-order valence-electron chi connectivity index (χ4n) is 2.85. The lowest BCUT2D eigenvalue weighted by Crippen LogP contribution is -2.60. The Morgan fingerprint density at radius 1 is 1.16 bits per heavy atom. The number of benzene rings is 1. The van der Waals surface area contributed by atoms with Gasteiger partial charge in [-0.3, -0.25) is 9.80 Å². The minimum Gasteiger partial charge on any atom is -0.367 e. The molecule has 0 spiro atoms. The third-order valence-electron chi connectivity index (χ3n) is 4.14. The SMILES string of the molecule is CC(=O)C1CN(c2ccc(F)cc2)CCN1n1ccc(C(F)(F)F)n1. The van der Waals surface area contributed by atoms with Gasteiger partial charge >= 0.3 is 6.18 Å². The summed E-state index contributed by atoms with van der Waals surface area (Å²) < 4.78 is 51.3. The maximum Gasteiger partial charge on any atom is 0.435 e. The Labute approximate surface area is 141 Å². The van der Waals surface area contributed by atoms with Gasteiger partial charge in [0.15, 0.2) is 11.5 Å². The minimum atomic E-state index is -4.53. The van der Waals surface area contributed by atoms with Gasteiger partial charge in [-0.15, -0.1) is 5.10 Å². The number of aromatic nitrogens is 2. The summed E-state index contributed by atoms with van der Waals surface area (Å²) in [7, 11) is 0. The lowest BCUT2D eigenvalue weighted by atomic mass is 10.1. The van der Waals surface area contributed by atoms with Crippen molar-refractivity contribution in [3.8, 4) is 0 Å². The molecule has 0 radical (unpaired) electrons. The molecule has 0 aliphatic carbocycles. The van der Waals surface area contributed by atoms with Crippen LogP contribution in [0.15, 0.2) is 36.5 Å². The molecule has 1 aromatic carbocycles. The molecule has 2 aromatic rings. The quantitative estimate of drug-likeness (QED) is 0.793. The lowest BCUT2D eigenvalue weighted by molar-refractivity contribution is -0.141. The first kappa shape index (κ1) is 17.2. The second-order valence-electron chi connectivity index (χ2n) is 5.83. The number of anilines is 1. The van der Waals surface area contributed by atoms with Crippen molar-refractivity contribution in [2.45, 2.75) is 19.1 Å². The van der Waals surface area contributed by atoms with Crippen LogP contribution < -0.4 is 9.91 Å². The zero-order valence-corrected chi connectivity index (χ0v) is 13.4. The van der Waals surface area contributed by atoms with E-state index in [9.17, 15) is 22.4 Å². The maximum atomic E-state index is 13.1. The molecule has 3 rings (SSSR count). The Hall–Kier alpha value is -2.58. The average molecular weight is 356 g/mol. The van der Waals surface area contributed by atoms with Crippen LogP contribution in [0.3, 0.4) is 0 Å². The fourth-order valence-corrected chi connectivity index (χ4v) is 2.85. The standard InChI is InChI=1S/C16H16F4N4O/c1-11(25)14-10-22(13-4-2-12(17)3-5-13)8-9-23(14)24-7-6-15(21-24)16(18,19)20/h2-7,14H,8-10H2,1H3. The molecule has 0 amide bonds. The molecule has 1 fully saturated rings.